The Morgan fingerprint density at radius 1 is 0.846 bits per heavy atom. The Bertz CT molecular complexity index is 1000. The quantitative estimate of drug-likeness (QED) is 0.425. The van der Waals surface area contributed by atoms with E-state index in [2.05, 4.69) is 57.3 Å². The average molecular weight is 411 g/mol. The number of hydrogen-bond acceptors (Lipinski definition) is 5. The molecule has 0 saturated heterocycles. The summed E-state index contributed by atoms with van der Waals surface area (Å²) in [6.07, 6.45) is 0. The van der Waals surface area contributed by atoms with Gasteiger partial charge in [-0.15, -0.1) is 10.2 Å². The van der Waals surface area contributed by atoms with Gasteiger partial charge in [0.1, 0.15) is 5.75 Å². The molecule has 0 aliphatic rings. The summed E-state index contributed by atoms with van der Waals surface area (Å²) in [5, 5.41) is 7.93. The van der Waals surface area contributed by atoms with Gasteiger partial charge in [-0.05, 0) is 58.2 Å². The highest BCUT2D eigenvalue weighted by Gasteiger charge is 2.12. The molecule has 130 valence electrons. The maximum absolute atomic E-state index is 5.72. The fraction of sp³-hybridized carbons (Fsp3) is 0.100. The SMILES string of the molecule is Cc1ccc(-c2ccc(OCc3nnc(-c4ccc(Br)o4)o3)cc2)cc1. The Morgan fingerprint density at radius 3 is 2.19 bits per heavy atom. The lowest BCUT2D eigenvalue weighted by atomic mass is 10.0. The van der Waals surface area contributed by atoms with Crippen LogP contribution in [0.4, 0.5) is 0 Å². The van der Waals surface area contributed by atoms with E-state index in [0.717, 1.165) is 11.3 Å². The molecule has 5 nitrogen and oxygen atoms in total. The smallest absolute Gasteiger partial charge is 0.283 e. The third kappa shape index (κ3) is 3.70. The Balaban J connectivity index is 1.40. The topological polar surface area (TPSA) is 61.3 Å². The highest BCUT2D eigenvalue weighted by molar-refractivity contribution is 9.10. The van der Waals surface area contributed by atoms with Crippen molar-refractivity contribution in [1.82, 2.24) is 10.2 Å². The third-order valence-electron chi connectivity index (χ3n) is 3.85. The molecule has 26 heavy (non-hydrogen) atoms. The van der Waals surface area contributed by atoms with Crippen LogP contribution in [0.2, 0.25) is 0 Å². The first kappa shape index (κ1) is 16.6. The summed E-state index contributed by atoms with van der Waals surface area (Å²) in [6.45, 7) is 2.27. The molecule has 0 fully saturated rings. The van der Waals surface area contributed by atoms with E-state index in [4.69, 9.17) is 13.6 Å². The summed E-state index contributed by atoms with van der Waals surface area (Å²) in [5.74, 6) is 1.96. The van der Waals surface area contributed by atoms with Crippen molar-refractivity contribution >= 4 is 15.9 Å². The van der Waals surface area contributed by atoms with E-state index in [-0.39, 0.29) is 6.61 Å². The van der Waals surface area contributed by atoms with E-state index >= 15 is 0 Å². The number of ether oxygens (including phenoxy) is 1. The van der Waals surface area contributed by atoms with Crippen LogP contribution in [0, 0.1) is 6.92 Å². The minimum atomic E-state index is 0.193. The zero-order valence-corrected chi connectivity index (χ0v) is 15.6. The number of halogens is 1. The first-order valence-corrected chi connectivity index (χ1v) is 8.85. The van der Waals surface area contributed by atoms with E-state index < -0.39 is 0 Å². The minimum Gasteiger partial charge on any atom is -0.484 e. The molecule has 2 heterocycles. The minimum absolute atomic E-state index is 0.193. The molecule has 0 radical (unpaired) electrons. The van der Waals surface area contributed by atoms with Crippen molar-refractivity contribution in [3.63, 3.8) is 0 Å². The van der Waals surface area contributed by atoms with Crippen LogP contribution in [0.15, 0.2) is 74.2 Å². The van der Waals surface area contributed by atoms with Crippen LogP contribution in [-0.2, 0) is 6.61 Å². The van der Waals surface area contributed by atoms with E-state index in [1.54, 1.807) is 12.1 Å². The number of aryl methyl sites for hydroxylation is 1. The molecule has 6 heteroatoms. The first-order valence-electron chi connectivity index (χ1n) is 8.05. The molecule has 4 rings (SSSR count). The molecule has 0 spiro atoms. The van der Waals surface area contributed by atoms with Crippen LogP contribution in [0.3, 0.4) is 0 Å². The number of nitrogens with zero attached hydrogens (tertiary/aromatic N) is 2. The summed E-state index contributed by atoms with van der Waals surface area (Å²) in [6, 6.07) is 19.9. The van der Waals surface area contributed by atoms with Gasteiger partial charge in [-0.25, -0.2) is 0 Å². The molecule has 0 unspecified atom stereocenters. The van der Waals surface area contributed by atoms with Crippen LogP contribution in [0.1, 0.15) is 11.5 Å². The number of hydrogen-bond donors (Lipinski definition) is 0. The van der Waals surface area contributed by atoms with Crippen LogP contribution in [0.25, 0.3) is 22.8 Å². The lowest BCUT2D eigenvalue weighted by Crippen LogP contribution is -1.95. The van der Waals surface area contributed by atoms with Crippen LogP contribution in [-0.4, -0.2) is 10.2 Å². The van der Waals surface area contributed by atoms with E-state index in [0.29, 0.717) is 22.2 Å². The zero-order valence-electron chi connectivity index (χ0n) is 14.0. The molecular weight excluding hydrogens is 396 g/mol. The van der Waals surface area contributed by atoms with Gasteiger partial charge in [-0.3, -0.25) is 0 Å². The molecular formula is C20H15BrN2O3. The van der Waals surface area contributed by atoms with Gasteiger partial charge >= 0.3 is 0 Å². The zero-order chi connectivity index (χ0) is 17.9. The maximum Gasteiger partial charge on any atom is 0.283 e. The fourth-order valence-corrected chi connectivity index (χ4v) is 2.78. The molecule has 0 aliphatic carbocycles. The number of furan rings is 1. The number of rotatable bonds is 5. The molecule has 0 aliphatic heterocycles. The Hall–Kier alpha value is -2.86. The average Bonchev–Trinajstić information content (AvgIpc) is 3.30. The summed E-state index contributed by atoms with van der Waals surface area (Å²) in [5.41, 5.74) is 3.56. The lowest BCUT2D eigenvalue weighted by molar-refractivity contribution is 0.264. The highest BCUT2D eigenvalue weighted by Crippen LogP contribution is 2.25. The normalized spacial score (nSPS) is 10.8. The summed E-state index contributed by atoms with van der Waals surface area (Å²) >= 11 is 3.24. The van der Waals surface area contributed by atoms with Crippen molar-refractivity contribution in [2.24, 2.45) is 0 Å². The molecule has 0 N–H and O–H groups in total. The van der Waals surface area contributed by atoms with E-state index in [9.17, 15) is 0 Å². The Morgan fingerprint density at radius 2 is 1.54 bits per heavy atom. The number of benzene rings is 2. The van der Waals surface area contributed by atoms with Crippen molar-refractivity contribution in [3.05, 3.63) is 76.8 Å². The second-order valence-corrected chi connectivity index (χ2v) is 6.57. The molecule has 0 saturated carbocycles. The summed E-state index contributed by atoms with van der Waals surface area (Å²) < 4.78 is 17.3. The summed E-state index contributed by atoms with van der Waals surface area (Å²) in [4.78, 5) is 0. The standard InChI is InChI=1S/C20H15BrN2O3/c1-13-2-4-14(5-3-13)15-6-8-16(9-7-15)24-12-19-22-23-20(26-19)17-10-11-18(21)25-17/h2-11H,12H2,1H3. The van der Waals surface area contributed by atoms with Gasteiger partial charge < -0.3 is 13.6 Å². The van der Waals surface area contributed by atoms with E-state index in [1.807, 2.05) is 24.3 Å². The summed E-state index contributed by atoms with van der Waals surface area (Å²) in [7, 11) is 0. The van der Waals surface area contributed by atoms with Crippen molar-refractivity contribution in [3.8, 4) is 28.5 Å². The Labute approximate surface area is 158 Å². The highest BCUT2D eigenvalue weighted by atomic mass is 79.9. The van der Waals surface area contributed by atoms with Gasteiger partial charge in [-0.2, -0.15) is 0 Å². The van der Waals surface area contributed by atoms with Crippen LogP contribution >= 0.6 is 15.9 Å². The maximum atomic E-state index is 5.72. The van der Waals surface area contributed by atoms with Crippen molar-refractivity contribution < 1.29 is 13.6 Å². The van der Waals surface area contributed by atoms with Gasteiger partial charge in [0.15, 0.2) is 17.0 Å². The lowest BCUT2D eigenvalue weighted by Gasteiger charge is -2.06. The van der Waals surface area contributed by atoms with Gasteiger partial charge in [0, 0.05) is 0 Å². The second kappa shape index (κ2) is 7.17. The number of aromatic nitrogens is 2. The first-order chi connectivity index (χ1) is 12.7. The van der Waals surface area contributed by atoms with Crippen molar-refractivity contribution in [2.45, 2.75) is 13.5 Å². The van der Waals surface area contributed by atoms with Crippen molar-refractivity contribution in [2.75, 3.05) is 0 Å². The van der Waals surface area contributed by atoms with Crippen LogP contribution in [0.5, 0.6) is 5.75 Å². The van der Waals surface area contributed by atoms with Crippen molar-refractivity contribution in [1.29, 1.82) is 0 Å². The Kier molecular flexibility index (Phi) is 4.58. The molecule has 2 aromatic heterocycles. The molecule has 0 amide bonds. The predicted molar refractivity (Wildman–Crippen MR) is 101 cm³/mol. The van der Waals surface area contributed by atoms with Gasteiger partial charge in [-0.1, -0.05) is 42.0 Å². The van der Waals surface area contributed by atoms with Gasteiger partial charge in [0.05, 0.1) is 0 Å². The monoisotopic (exact) mass is 410 g/mol. The van der Waals surface area contributed by atoms with Crippen LogP contribution < -0.4 is 4.74 Å². The molecule has 2 aromatic carbocycles. The van der Waals surface area contributed by atoms with Gasteiger partial charge in [0.2, 0.25) is 0 Å². The van der Waals surface area contributed by atoms with Gasteiger partial charge in [0.25, 0.3) is 11.8 Å². The largest absolute Gasteiger partial charge is 0.484 e. The predicted octanol–water partition coefficient (Wildman–Crippen LogP) is 5.65. The second-order valence-electron chi connectivity index (χ2n) is 5.78. The molecule has 0 atom stereocenters. The molecule has 0 bridgehead atoms. The molecule has 4 aromatic rings. The fourth-order valence-electron chi connectivity index (χ4n) is 2.48. The third-order valence-corrected chi connectivity index (χ3v) is 4.28. The van der Waals surface area contributed by atoms with E-state index in [1.165, 1.54) is 11.1 Å².